The van der Waals surface area contributed by atoms with Crippen molar-refractivity contribution in [2.45, 2.75) is 27.7 Å². The molecule has 0 fully saturated rings. The normalized spacial score (nSPS) is 11.4. The fourth-order valence-corrected chi connectivity index (χ4v) is 3.37. The van der Waals surface area contributed by atoms with E-state index in [1.807, 2.05) is 32.2 Å². The van der Waals surface area contributed by atoms with Gasteiger partial charge in [0.2, 0.25) is 0 Å². The SMILES string of the molecule is CCN(c1ccc(C#N)c(Cl)c1)c1cc(/C(C(C)=N)=C(\C)NC)ccc1C. The Morgan fingerprint density at radius 3 is 2.44 bits per heavy atom. The number of hydrogen-bond acceptors (Lipinski definition) is 4. The molecule has 0 spiro atoms. The van der Waals surface area contributed by atoms with Crippen LogP contribution in [0.2, 0.25) is 5.02 Å². The Kier molecular flexibility index (Phi) is 6.65. The molecule has 0 aliphatic heterocycles. The first-order chi connectivity index (χ1) is 12.8. The Morgan fingerprint density at radius 2 is 1.93 bits per heavy atom. The summed E-state index contributed by atoms with van der Waals surface area (Å²) >= 11 is 6.25. The van der Waals surface area contributed by atoms with Crippen LogP contribution in [0.1, 0.15) is 37.5 Å². The molecular weight excluding hydrogens is 356 g/mol. The van der Waals surface area contributed by atoms with Crippen LogP contribution in [0, 0.1) is 23.7 Å². The van der Waals surface area contributed by atoms with Crippen molar-refractivity contribution in [3.05, 3.63) is 63.8 Å². The van der Waals surface area contributed by atoms with Crippen LogP contribution in [-0.2, 0) is 0 Å². The van der Waals surface area contributed by atoms with Gasteiger partial charge in [0.15, 0.2) is 0 Å². The molecule has 27 heavy (non-hydrogen) atoms. The van der Waals surface area contributed by atoms with Crippen LogP contribution in [0.4, 0.5) is 11.4 Å². The molecule has 2 aromatic rings. The zero-order chi connectivity index (χ0) is 20.1. The summed E-state index contributed by atoms with van der Waals surface area (Å²) in [4.78, 5) is 2.16. The third-order valence-corrected chi connectivity index (χ3v) is 4.93. The van der Waals surface area contributed by atoms with Crippen LogP contribution >= 0.6 is 11.6 Å². The van der Waals surface area contributed by atoms with Gasteiger partial charge in [0.1, 0.15) is 6.07 Å². The smallest absolute Gasteiger partial charge is 0.101 e. The molecule has 0 heterocycles. The maximum absolute atomic E-state index is 9.11. The van der Waals surface area contributed by atoms with Crippen LogP contribution in [0.3, 0.4) is 0 Å². The largest absolute Gasteiger partial charge is 0.391 e. The maximum Gasteiger partial charge on any atom is 0.101 e. The number of hydrogen-bond donors (Lipinski definition) is 2. The molecule has 5 heteroatoms. The van der Waals surface area contributed by atoms with E-state index in [-0.39, 0.29) is 0 Å². The number of aryl methyl sites for hydroxylation is 1. The minimum atomic E-state index is 0.448. The standard InChI is InChI=1S/C22H25ClN4/c1-6-27(19-10-9-18(13-24)20(23)12-19)21-11-17(8-7-14(21)2)22(15(3)25)16(4)26-5/h7-12,25-26H,6H2,1-5H3/b22-16+,25-15?. The van der Waals surface area contributed by atoms with Crippen molar-refractivity contribution in [2.24, 2.45) is 0 Å². The highest BCUT2D eigenvalue weighted by Gasteiger charge is 2.15. The quantitative estimate of drug-likeness (QED) is 0.634. The van der Waals surface area contributed by atoms with E-state index in [2.05, 4.69) is 42.3 Å². The predicted molar refractivity (Wildman–Crippen MR) is 115 cm³/mol. The minimum absolute atomic E-state index is 0.448. The zero-order valence-electron chi connectivity index (χ0n) is 16.4. The van der Waals surface area contributed by atoms with Crippen molar-refractivity contribution >= 4 is 34.3 Å². The summed E-state index contributed by atoms with van der Waals surface area (Å²) in [6.45, 7) is 8.67. The first-order valence-corrected chi connectivity index (χ1v) is 9.24. The lowest BCUT2D eigenvalue weighted by molar-refractivity contribution is 0.995. The fourth-order valence-electron chi connectivity index (χ4n) is 3.15. The Balaban J connectivity index is 2.61. The third-order valence-electron chi connectivity index (χ3n) is 4.61. The molecule has 0 aliphatic rings. The van der Waals surface area contributed by atoms with Crippen LogP contribution in [0.5, 0.6) is 0 Å². The van der Waals surface area contributed by atoms with Gasteiger partial charge < -0.3 is 15.6 Å². The van der Waals surface area contributed by atoms with Crippen LogP contribution in [0.25, 0.3) is 5.57 Å². The number of allylic oxidation sites excluding steroid dienone is 2. The van der Waals surface area contributed by atoms with E-state index in [1.54, 1.807) is 13.0 Å². The Morgan fingerprint density at radius 1 is 1.22 bits per heavy atom. The summed E-state index contributed by atoms with van der Waals surface area (Å²) < 4.78 is 0. The highest BCUT2D eigenvalue weighted by Crippen LogP contribution is 2.33. The lowest BCUT2D eigenvalue weighted by Gasteiger charge is -2.26. The summed E-state index contributed by atoms with van der Waals surface area (Å²) in [5.41, 5.74) is 6.95. The number of benzene rings is 2. The van der Waals surface area contributed by atoms with Gasteiger partial charge in [-0.2, -0.15) is 5.26 Å². The van der Waals surface area contributed by atoms with E-state index in [4.69, 9.17) is 22.3 Å². The Labute approximate surface area is 166 Å². The lowest BCUT2D eigenvalue weighted by Crippen LogP contribution is -2.18. The van der Waals surface area contributed by atoms with Gasteiger partial charge in [0, 0.05) is 41.9 Å². The first-order valence-electron chi connectivity index (χ1n) is 8.86. The third kappa shape index (κ3) is 4.32. The number of anilines is 2. The van der Waals surface area contributed by atoms with Crippen molar-refractivity contribution in [3.63, 3.8) is 0 Å². The zero-order valence-corrected chi connectivity index (χ0v) is 17.2. The molecule has 0 unspecified atom stereocenters. The molecule has 2 rings (SSSR count). The number of nitrogens with one attached hydrogen (secondary N) is 2. The number of nitrogens with zero attached hydrogens (tertiary/aromatic N) is 2. The predicted octanol–water partition coefficient (Wildman–Crippen LogP) is 5.67. The van der Waals surface area contributed by atoms with E-state index in [1.165, 1.54) is 0 Å². The average Bonchev–Trinajstić information content (AvgIpc) is 2.64. The maximum atomic E-state index is 9.11. The molecule has 140 valence electrons. The average molecular weight is 381 g/mol. The summed E-state index contributed by atoms with van der Waals surface area (Å²) in [6.07, 6.45) is 0. The van der Waals surface area contributed by atoms with Crippen molar-refractivity contribution in [3.8, 4) is 6.07 Å². The molecule has 0 aliphatic carbocycles. The Hall–Kier alpha value is -2.77. The van der Waals surface area contributed by atoms with E-state index in [9.17, 15) is 0 Å². The second-order valence-electron chi connectivity index (χ2n) is 6.40. The van der Waals surface area contributed by atoms with E-state index in [0.29, 0.717) is 16.3 Å². The van der Waals surface area contributed by atoms with Gasteiger partial charge >= 0.3 is 0 Å². The fraction of sp³-hybridized carbons (Fsp3) is 0.273. The van der Waals surface area contributed by atoms with Crippen molar-refractivity contribution in [1.29, 1.82) is 10.7 Å². The second-order valence-corrected chi connectivity index (χ2v) is 6.80. The van der Waals surface area contributed by atoms with Gasteiger partial charge in [-0.05, 0) is 63.1 Å². The van der Waals surface area contributed by atoms with Gasteiger partial charge in [-0.15, -0.1) is 0 Å². The molecule has 2 N–H and O–H groups in total. The van der Waals surface area contributed by atoms with Gasteiger partial charge in [-0.25, -0.2) is 0 Å². The van der Waals surface area contributed by atoms with Crippen molar-refractivity contribution in [2.75, 3.05) is 18.5 Å². The molecule has 4 nitrogen and oxygen atoms in total. The van der Waals surface area contributed by atoms with E-state index < -0.39 is 0 Å². The molecule has 0 aromatic heterocycles. The number of nitriles is 1. The van der Waals surface area contributed by atoms with E-state index >= 15 is 0 Å². The van der Waals surface area contributed by atoms with Crippen molar-refractivity contribution in [1.82, 2.24) is 5.32 Å². The lowest BCUT2D eigenvalue weighted by atomic mass is 9.97. The molecule has 0 bridgehead atoms. The van der Waals surface area contributed by atoms with Gasteiger partial charge in [0.05, 0.1) is 10.6 Å². The molecule has 0 atom stereocenters. The second kappa shape index (κ2) is 8.75. The molecule has 0 radical (unpaired) electrons. The number of rotatable bonds is 6. The van der Waals surface area contributed by atoms with Crippen LogP contribution in [-0.4, -0.2) is 19.3 Å². The molecule has 0 amide bonds. The highest BCUT2D eigenvalue weighted by molar-refractivity contribution is 6.32. The van der Waals surface area contributed by atoms with Gasteiger partial charge in [-0.3, -0.25) is 0 Å². The molecule has 0 saturated carbocycles. The number of halogens is 1. The highest BCUT2D eigenvalue weighted by atomic mass is 35.5. The Bertz CT molecular complexity index is 938. The minimum Gasteiger partial charge on any atom is -0.391 e. The summed E-state index contributed by atoms with van der Waals surface area (Å²) in [6, 6.07) is 13.8. The molecule has 0 saturated heterocycles. The van der Waals surface area contributed by atoms with Gasteiger partial charge in [0.25, 0.3) is 0 Å². The topological polar surface area (TPSA) is 62.9 Å². The summed E-state index contributed by atoms with van der Waals surface area (Å²) in [5, 5.41) is 20.9. The van der Waals surface area contributed by atoms with Crippen LogP contribution in [0.15, 0.2) is 42.1 Å². The summed E-state index contributed by atoms with van der Waals surface area (Å²) in [5.74, 6) is 0. The molecule has 2 aromatic carbocycles. The monoisotopic (exact) mass is 380 g/mol. The van der Waals surface area contributed by atoms with Crippen LogP contribution < -0.4 is 10.2 Å². The summed E-state index contributed by atoms with van der Waals surface area (Å²) in [7, 11) is 1.87. The first kappa shape index (κ1) is 20.5. The molecular formula is C22H25ClN4. The van der Waals surface area contributed by atoms with E-state index in [0.717, 1.165) is 40.3 Å². The van der Waals surface area contributed by atoms with Gasteiger partial charge in [-0.1, -0.05) is 23.7 Å². The van der Waals surface area contributed by atoms with Crippen molar-refractivity contribution < 1.29 is 0 Å².